The number of nitrogens with zero attached hydrogens (tertiary/aromatic N) is 1. The van der Waals surface area contributed by atoms with Gasteiger partial charge in [0, 0.05) is 13.1 Å². The van der Waals surface area contributed by atoms with Gasteiger partial charge in [-0.1, -0.05) is 49.4 Å². The second kappa shape index (κ2) is 9.65. The number of hydrogen-bond donors (Lipinski definition) is 1. The van der Waals surface area contributed by atoms with Gasteiger partial charge in [0.25, 0.3) is 11.8 Å². The summed E-state index contributed by atoms with van der Waals surface area (Å²) in [6.45, 7) is 3.45. The van der Waals surface area contributed by atoms with Gasteiger partial charge in [0.15, 0.2) is 6.10 Å². The van der Waals surface area contributed by atoms with Crippen LogP contribution >= 0.6 is 0 Å². The molecule has 1 fully saturated rings. The lowest BCUT2D eigenvalue weighted by Crippen LogP contribution is -2.37. The van der Waals surface area contributed by atoms with Crippen molar-refractivity contribution < 1.29 is 14.3 Å². The van der Waals surface area contributed by atoms with Gasteiger partial charge in [0.1, 0.15) is 5.75 Å². The predicted molar refractivity (Wildman–Crippen MR) is 123 cm³/mol. The second-order valence-corrected chi connectivity index (χ2v) is 7.91. The van der Waals surface area contributed by atoms with E-state index in [1.54, 1.807) is 12.1 Å². The van der Waals surface area contributed by atoms with Crippen molar-refractivity contribution in [1.29, 1.82) is 0 Å². The lowest BCUT2D eigenvalue weighted by molar-refractivity contribution is -0.122. The Bertz CT molecular complexity index is 1070. The molecule has 1 aliphatic rings. The number of piperidine rings is 1. The summed E-state index contributed by atoms with van der Waals surface area (Å²) in [5.41, 5.74) is 1.06. The quantitative estimate of drug-likeness (QED) is 0.596. The molecule has 1 N–H and O–H groups in total. The summed E-state index contributed by atoms with van der Waals surface area (Å²) in [5.74, 6) is 0.368. The van der Waals surface area contributed by atoms with E-state index in [1.165, 1.54) is 0 Å². The average molecular weight is 417 g/mol. The fourth-order valence-corrected chi connectivity index (χ4v) is 3.99. The maximum absolute atomic E-state index is 13.0. The molecule has 3 aromatic rings. The Balaban J connectivity index is 1.49. The Hall–Kier alpha value is -3.34. The molecule has 31 heavy (non-hydrogen) atoms. The van der Waals surface area contributed by atoms with Crippen molar-refractivity contribution in [1.82, 2.24) is 4.90 Å². The Kier molecular flexibility index (Phi) is 6.51. The molecular formula is C26H28N2O3. The number of anilines is 1. The fraction of sp³-hybridized carbons (Fsp3) is 0.308. The summed E-state index contributed by atoms with van der Waals surface area (Å²) >= 11 is 0. The standard InChI is InChI=1S/C26H28N2O3/c1-2-24(31-21-15-14-19-10-4-5-11-20(19)18-21)25(29)27-23-13-7-6-12-22(23)26(30)28-16-8-3-9-17-28/h4-7,10-15,18,24H,2-3,8-9,16-17H2,1H3,(H,27,29)/t24-/m0/s1. The topological polar surface area (TPSA) is 58.6 Å². The number of benzene rings is 3. The molecule has 3 aromatic carbocycles. The zero-order chi connectivity index (χ0) is 21.6. The lowest BCUT2D eigenvalue weighted by Gasteiger charge is -2.27. The van der Waals surface area contributed by atoms with Crippen LogP contribution in [0.2, 0.25) is 0 Å². The van der Waals surface area contributed by atoms with Crippen molar-refractivity contribution in [3.05, 3.63) is 72.3 Å². The molecular weight excluding hydrogens is 388 g/mol. The predicted octanol–water partition coefficient (Wildman–Crippen LogP) is 5.26. The van der Waals surface area contributed by atoms with Gasteiger partial charge in [0.05, 0.1) is 11.3 Å². The SMILES string of the molecule is CC[C@H](Oc1ccc2ccccc2c1)C(=O)Nc1ccccc1C(=O)N1CCCCC1. The Morgan fingerprint density at radius 3 is 2.42 bits per heavy atom. The van der Waals surface area contributed by atoms with Gasteiger partial charge in [-0.15, -0.1) is 0 Å². The number of likely N-dealkylation sites (tertiary alicyclic amines) is 1. The number of rotatable bonds is 6. The van der Waals surface area contributed by atoms with Crippen LogP contribution in [-0.4, -0.2) is 35.9 Å². The number of ether oxygens (including phenoxy) is 1. The van der Waals surface area contributed by atoms with Crippen molar-refractivity contribution >= 4 is 28.3 Å². The average Bonchev–Trinajstić information content (AvgIpc) is 2.82. The molecule has 0 aliphatic carbocycles. The third-order valence-electron chi connectivity index (χ3n) is 5.72. The number of para-hydroxylation sites is 1. The first-order chi connectivity index (χ1) is 15.2. The minimum absolute atomic E-state index is 0.0286. The third kappa shape index (κ3) is 4.88. The van der Waals surface area contributed by atoms with Crippen molar-refractivity contribution in [2.45, 2.75) is 38.7 Å². The number of fused-ring (bicyclic) bond motifs is 1. The van der Waals surface area contributed by atoms with Crippen LogP contribution in [0, 0.1) is 0 Å². The van der Waals surface area contributed by atoms with E-state index in [1.807, 2.05) is 66.4 Å². The molecule has 0 bridgehead atoms. The van der Waals surface area contributed by atoms with Crippen LogP contribution in [0.4, 0.5) is 5.69 Å². The van der Waals surface area contributed by atoms with E-state index in [9.17, 15) is 9.59 Å². The van der Waals surface area contributed by atoms with E-state index < -0.39 is 6.10 Å². The zero-order valence-corrected chi connectivity index (χ0v) is 17.8. The molecule has 2 amide bonds. The number of amides is 2. The summed E-state index contributed by atoms with van der Waals surface area (Å²) in [5, 5.41) is 5.11. The van der Waals surface area contributed by atoms with Gasteiger partial charge < -0.3 is 15.0 Å². The van der Waals surface area contributed by atoms with Gasteiger partial charge in [-0.25, -0.2) is 0 Å². The Morgan fingerprint density at radius 2 is 1.65 bits per heavy atom. The molecule has 0 aromatic heterocycles. The molecule has 4 rings (SSSR count). The smallest absolute Gasteiger partial charge is 0.265 e. The molecule has 1 saturated heterocycles. The van der Waals surface area contributed by atoms with E-state index in [-0.39, 0.29) is 11.8 Å². The first-order valence-corrected chi connectivity index (χ1v) is 11.0. The first-order valence-electron chi connectivity index (χ1n) is 11.0. The van der Waals surface area contributed by atoms with E-state index in [0.717, 1.165) is 43.1 Å². The summed E-state index contributed by atoms with van der Waals surface area (Å²) in [6, 6.07) is 21.1. The van der Waals surface area contributed by atoms with Crippen molar-refractivity contribution in [3.63, 3.8) is 0 Å². The van der Waals surface area contributed by atoms with Crippen LogP contribution in [0.25, 0.3) is 10.8 Å². The molecule has 0 unspecified atom stereocenters. The molecule has 0 saturated carbocycles. The zero-order valence-electron chi connectivity index (χ0n) is 17.8. The highest BCUT2D eigenvalue weighted by molar-refractivity contribution is 6.04. The van der Waals surface area contributed by atoms with Gasteiger partial charge in [-0.2, -0.15) is 0 Å². The van der Waals surface area contributed by atoms with Gasteiger partial charge in [-0.3, -0.25) is 9.59 Å². The van der Waals surface area contributed by atoms with E-state index >= 15 is 0 Å². The van der Waals surface area contributed by atoms with Crippen molar-refractivity contribution in [3.8, 4) is 5.75 Å². The van der Waals surface area contributed by atoms with Crippen LogP contribution in [0.1, 0.15) is 43.0 Å². The van der Waals surface area contributed by atoms with Crippen LogP contribution in [0.5, 0.6) is 5.75 Å². The number of carbonyl (C=O) groups is 2. The molecule has 0 radical (unpaired) electrons. The summed E-state index contributed by atoms with van der Waals surface area (Å²) in [7, 11) is 0. The van der Waals surface area contributed by atoms with Gasteiger partial charge in [0.2, 0.25) is 0 Å². The normalized spacial score (nSPS) is 14.8. The second-order valence-electron chi connectivity index (χ2n) is 7.91. The van der Waals surface area contributed by atoms with Gasteiger partial charge in [-0.05, 0) is 60.7 Å². The van der Waals surface area contributed by atoms with Crippen molar-refractivity contribution in [2.24, 2.45) is 0 Å². The Labute approximate surface area is 183 Å². The van der Waals surface area contributed by atoms with Crippen LogP contribution in [0.15, 0.2) is 66.7 Å². The van der Waals surface area contributed by atoms with Crippen molar-refractivity contribution in [2.75, 3.05) is 18.4 Å². The minimum atomic E-state index is -0.653. The maximum Gasteiger partial charge on any atom is 0.265 e. The molecule has 1 aliphatic heterocycles. The highest BCUT2D eigenvalue weighted by atomic mass is 16.5. The highest BCUT2D eigenvalue weighted by Crippen LogP contribution is 2.24. The van der Waals surface area contributed by atoms with Crippen LogP contribution < -0.4 is 10.1 Å². The molecule has 5 nitrogen and oxygen atoms in total. The van der Waals surface area contributed by atoms with Crippen LogP contribution in [-0.2, 0) is 4.79 Å². The monoisotopic (exact) mass is 416 g/mol. The lowest BCUT2D eigenvalue weighted by atomic mass is 10.1. The van der Waals surface area contributed by atoms with Gasteiger partial charge >= 0.3 is 0 Å². The summed E-state index contributed by atoms with van der Waals surface area (Å²) < 4.78 is 6.02. The van der Waals surface area contributed by atoms with E-state index in [2.05, 4.69) is 5.32 Å². The fourth-order valence-electron chi connectivity index (χ4n) is 3.99. The number of carbonyl (C=O) groups excluding carboxylic acids is 2. The largest absolute Gasteiger partial charge is 0.481 e. The van der Waals surface area contributed by atoms with E-state index in [0.29, 0.717) is 23.4 Å². The van der Waals surface area contributed by atoms with Crippen LogP contribution in [0.3, 0.4) is 0 Å². The highest BCUT2D eigenvalue weighted by Gasteiger charge is 2.24. The third-order valence-corrected chi connectivity index (χ3v) is 5.72. The number of hydrogen-bond acceptors (Lipinski definition) is 3. The number of nitrogens with one attached hydrogen (secondary N) is 1. The Morgan fingerprint density at radius 1 is 0.935 bits per heavy atom. The van der Waals surface area contributed by atoms with E-state index in [4.69, 9.17) is 4.74 Å². The minimum Gasteiger partial charge on any atom is -0.481 e. The molecule has 1 atom stereocenters. The molecule has 5 heteroatoms. The summed E-state index contributed by atoms with van der Waals surface area (Å²) in [4.78, 5) is 27.9. The molecule has 1 heterocycles. The maximum atomic E-state index is 13.0. The summed E-state index contributed by atoms with van der Waals surface area (Å²) in [6.07, 6.45) is 3.07. The molecule has 160 valence electrons. The first kappa shape index (κ1) is 20.9. The molecule has 0 spiro atoms.